The first-order valence-corrected chi connectivity index (χ1v) is 5.93. The number of carbonyl (C=O) groups is 1. The van der Waals surface area contributed by atoms with E-state index in [9.17, 15) is 4.79 Å². The molecule has 0 heterocycles. The Kier molecular flexibility index (Phi) is 7.60. The standard InChI is InChI=1S/C9H17N3OS.ClH/c10-8(11)12-9(13)14-6-7-4-2-1-3-5-7;/h7H,1-6H2,(H4,10,11,12,13);1H. The molecule has 4 nitrogen and oxygen atoms in total. The quantitative estimate of drug-likeness (QED) is 0.582. The first-order valence-electron chi connectivity index (χ1n) is 4.95. The molecule has 6 heteroatoms. The van der Waals surface area contributed by atoms with Crippen LogP contribution in [-0.2, 0) is 0 Å². The molecule has 1 rings (SSSR count). The summed E-state index contributed by atoms with van der Waals surface area (Å²) < 4.78 is 0. The van der Waals surface area contributed by atoms with Gasteiger partial charge in [0.25, 0.3) is 0 Å². The van der Waals surface area contributed by atoms with Gasteiger partial charge in [-0.25, -0.2) is 0 Å². The molecule has 1 saturated carbocycles. The summed E-state index contributed by atoms with van der Waals surface area (Å²) in [6.45, 7) is 0. The van der Waals surface area contributed by atoms with Crippen LogP contribution in [0.1, 0.15) is 32.1 Å². The molecule has 0 unspecified atom stereocenters. The molecular weight excluding hydrogens is 234 g/mol. The second-order valence-electron chi connectivity index (χ2n) is 3.62. The van der Waals surface area contributed by atoms with Gasteiger partial charge in [0.15, 0.2) is 5.96 Å². The maximum Gasteiger partial charge on any atom is 0.308 e. The van der Waals surface area contributed by atoms with Crippen LogP contribution in [0.15, 0.2) is 4.99 Å². The lowest BCUT2D eigenvalue weighted by Crippen LogP contribution is -2.23. The minimum absolute atomic E-state index is 0. The third kappa shape index (κ3) is 6.62. The number of aliphatic imine (C=N–C) groups is 1. The topological polar surface area (TPSA) is 81.5 Å². The van der Waals surface area contributed by atoms with Gasteiger partial charge in [-0.2, -0.15) is 4.99 Å². The van der Waals surface area contributed by atoms with Crippen molar-refractivity contribution < 1.29 is 4.79 Å². The number of hydrogen-bond donors (Lipinski definition) is 2. The largest absolute Gasteiger partial charge is 0.370 e. The van der Waals surface area contributed by atoms with Crippen molar-refractivity contribution >= 4 is 35.4 Å². The Hall–Kier alpha value is -0.420. The molecule has 0 radical (unpaired) electrons. The molecule has 1 aliphatic rings. The highest BCUT2D eigenvalue weighted by molar-refractivity contribution is 8.13. The Morgan fingerprint density at radius 1 is 1.27 bits per heavy atom. The second-order valence-corrected chi connectivity index (χ2v) is 4.59. The molecular formula is C9H18ClN3OS. The van der Waals surface area contributed by atoms with Gasteiger partial charge in [0.05, 0.1) is 0 Å². The normalized spacial score (nSPS) is 16.5. The first kappa shape index (κ1) is 14.6. The van der Waals surface area contributed by atoms with Crippen molar-refractivity contribution in [3.8, 4) is 0 Å². The Morgan fingerprint density at radius 3 is 2.40 bits per heavy atom. The second kappa shape index (κ2) is 7.82. The number of nitrogens with two attached hydrogens (primary N) is 2. The number of guanidine groups is 1. The van der Waals surface area contributed by atoms with Gasteiger partial charge in [-0.1, -0.05) is 31.0 Å². The van der Waals surface area contributed by atoms with Gasteiger partial charge in [-0.05, 0) is 18.8 Å². The Morgan fingerprint density at radius 2 is 1.87 bits per heavy atom. The fraction of sp³-hybridized carbons (Fsp3) is 0.778. The van der Waals surface area contributed by atoms with Gasteiger partial charge in [0.2, 0.25) is 0 Å². The molecule has 0 atom stereocenters. The molecule has 0 saturated heterocycles. The van der Waals surface area contributed by atoms with E-state index in [1.807, 2.05) is 0 Å². The highest BCUT2D eigenvalue weighted by Crippen LogP contribution is 2.27. The lowest BCUT2D eigenvalue weighted by atomic mass is 9.91. The summed E-state index contributed by atoms with van der Waals surface area (Å²) in [6, 6.07) is 0. The zero-order chi connectivity index (χ0) is 10.4. The maximum atomic E-state index is 11.1. The molecule has 0 aliphatic heterocycles. The van der Waals surface area contributed by atoms with Crippen LogP contribution in [0.5, 0.6) is 0 Å². The number of rotatable bonds is 2. The van der Waals surface area contributed by atoms with Crippen molar-refractivity contribution in [1.82, 2.24) is 0 Å². The van der Waals surface area contributed by atoms with E-state index < -0.39 is 0 Å². The van der Waals surface area contributed by atoms with Gasteiger partial charge in [-0.3, -0.25) is 4.79 Å². The summed E-state index contributed by atoms with van der Waals surface area (Å²) in [5.74, 6) is 1.38. The molecule has 0 aromatic carbocycles. The molecule has 0 bridgehead atoms. The number of thioether (sulfide) groups is 1. The van der Waals surface area contributed by atoms with E-state index in [1.54, 1.807) is 0 Å². The first-order chi connectivity index (χ1) is 6.68. The molecule has 88 valence electrons. The maximum absolute atomic E-state index is 11.1. The van der Waals surface area contributed by atoms with Crippen molar-refractivity contribution in [3.63, 3.8) is 0 Å². The third-order valence-electron chi connectivity index (χ3n) is 2.39. The van der Waals surface area contributed by atoms with Gasteiger partial charge >= 0.3 is 5.24 Å². The number of hydrogen-bond acceptors (Lipinski definition) is 2. The van der Waals surface area contributed by atoms with Crippen molar-refractivity contribution in [1.29, 1.82) is 0 Å². The lowest BCUT2D eigenvalue weighted by molar-refractivity contribution is 0.267. The van der Waals surface area contributed by atoms with Gasteiger partial charge in [0.1, 0.15) is 0 Å². The monoisotopic (exact) mass is 251 g/mol. The van der Waals surface area contributed by atoms with E-state index in [0.29, 0.717) is 5.92 Å². The van der Waals surface area contributed by atoms with Crippen LogP contribution in [0, 0.1) is 5.92 Å². The molecule has 0 spiro atoms. The highest BCUT2D eigenvalue weighted by Gasteiger charge is 2.14. The van der Waals surface area contributed by atoms with Crippen molar-refractivity contribution in [2.75, 3.05) is 5.75 Å². The number of carbonyl (C=O) groups excluding carboxylic acids is 1. The fourth-order valence-corrected chi connectivity index (χ4v) is 2.56. The van der Waals surface area contributed by atoms with E-state index in [0.717, 1.165) is 5.75 Å². The molecule has 4 N–H and O–H groups in total. The minimum Gasteiger partial charge on any atom is -0.370 e. The third-order valence-corrected chi connectivity index (χ3v) is 3.36. The predicted molar refractivity (Wildman–Crippen MR) is 67.5 cm³/mol. The average molecular weight is 252 g/mol. The molecule has 0 aromatic rings. The minimum atomic E-state index is -0.268. The number of amides is 1. The van der Waals surface area contributed by atoms with Gasteiger partial charge in [-0.15, -0.1) is 12.4 Å². The molecule has 1 aliphatic carbocycles. The SMILES string of the molecule is Cl.NC(N)=NC(=O)SCC1CCCCC1. The molecule has 1 fully saturated rings. The summed E-state index contributed by atoms with van der Waals surface area (Å²) >= 11 is 1.22. The summed E-state index contributed by atoms with van der Waals surface area (Å²) in [5.41, 5.74) is 10.2. The molecule has 15 heavy (non-hydrogen) atoms. The van der Waals surface area contributed by atoms with Crippen LogP contribution in [0.3, 0.4) is 0 Å². The average Bonchev–Trinajstić information content (AvgIpc) is 2.15. The number of halogens is 1. The zero-order valence-corrected chi connectivity index (χ0v) is 10.3. The van der Waals surface area contributed by atoms with Crippen LogP contribution in [0.2, 0.25) is 0 Å². The van der Waals surface area contributed by atoms with Crippen LogP contribution in [-0.4, -0.2) is 17.0 Å². The van der Waals surface area contributed by atoms with Crippen molar-refractivity contribution in [2.24, 2.45) is 22.4 Å². The fourth-order valence-electron chi connectivity index (χ4n) is 1.68. The van der Waals surface area contributed by atoms with Crippen molar-refractivity contribution in [3.05, 3.63) is 0 Å². The molecule has 0 aromatic heterocycles. The smallest absolute Gasteiger partial charge is 0.308 e. The Balaban J connectivity index is 0.00000196. The van der Waals surface area contributed by atoms with E-state index in [2.05, 4.69) is 4.99 Å². The van der Waals surface area contributed by atoms with E-state index in [-0.39, 0.29) is 23.6 Å². The van der Waals surface area contributed by atoms with Crippen molar-refractivity contribution in [2.45, 2.75) is 32.1 Å². The summed E-state index contributed by atoms with van der Waals surface area (Å²) in [6.07, 6.45) is 6.40. The predicted octanol–water partition coefficient (Wildman–Crippen LogP) is 2.12. The van der Waals surface area contributed by atoms with Crippen LogP contribution < -0.4 is 11.5 Å². The van der Waals surface area contributed by atoms with Crippen LogP contribution >= 0.6 is 24.2 Å². The van der Waals surface area contributed by atoms with E-state index in [4.69, 9.17) is 11.5 Å². The van der Waals surface area contributed by atoms with Crippen LogP contribution in [0.4, 0.5) is 4.79 Å². The highest BCUT2D eigenvalue weighted by atomic mass is 35.5. The summed E-state index contributed by atoms with van der Waals surface area (Å²) in [4.78, 5) is 14.6. The van der Waals surface area contributed by atoms with E-state index >= 15 is 0 Å². The Labute approximate surface area is 101 Å². The zero-order valence-electron chi connectivity index (χ0n) is 8.65. The van der Waals surface area contributed by atoms with E-state index in [1.165, 1.54) is 43.9 Å². The lowest BCUT2D eigenvalue weighted by Gasteiger charge is -2.19. The molecule has 1 amide bonds. The number of nitrogens with zero attached hydrogens (tertiary/aromatic N) is 1. The summed E-state index contributed by atoms with van der Waals surface area (Å²) in [7, 11) is 0. The Bertz CT molecular complexity index is 225. The van der Waals surface area contributed by atoms with Gasteiger partial charge < -0.3 is 11.5 Å². The van der Waals surface area contributed by atoms with Crippen LogP contribution in [0.25, 0.3) is 0 Å². The summed E-state index contributed by atoms with van der Waals surface area (Å²) in [5, 5.41) is -0.268. The van der Waals surface area contributed by atoms with Gasteiger partial charge in [0, 0.05) is 5.75 Å².